The molecule has 0 bridgehead atoms. The molecule has 0 saturated carbocycles. The normalized spacial score (nSPS) is 10.6. The van der Waals surface area contributed by atoms with Gasteiger partial charge in [-0.25, -0.2) is 24.2 Å². The van der Waals surface area contributed by atoms with Gasteiger partial charge < -0.3 is 23.7 Å². The molecule has 0 aromatic heterocycles. The van der Waals surface area contributed by atoms with Crippen LogP contribution in [-0.2, 0) is 19.3 Å². The minimum absolute atomic E-state index is 0.328. The van der Waals surface area contributed by atoms with Crippen LogP contribution in [0.15, 0.2) is 92.0 Å². The number of hydrogen-bond acceptors (Lipinski definition) is 10. The van der Waals surface area contributed by atoms with Crippen molar-refractivity contribution < 1.29 is 47.8 Å². The van der Waals surface area contributed by atoms with Gasteiger partial charge in [-0.15, -0.1) is 6.58 Å². The monoisotopic (exact) mass is 674 g/mol. The van der Waals surface area contributed by atoms with Crippen LogP contribution in [0.25, 0.3) is 0 Å². The average Bonchev–Trinajstić information content (AvgIpc) is 3.11. The number of carbonyl (C=O) groups excluding carboxylic acids is 3. The summed E-state index contributed by atoms with van der Waals surface area (Å²) in [5, 5.41) is 0. The Morgan fingerprint density at radius 1 is 0.592 bits per heavy atom. The van der Waals surface area contributed by atoms with E-state index in [9.17, 15) is 14.4 Å². The molecule has 49 heavy (non-hydrogen) atoms. The van der Waals surface area contributed by atoms with E-state index in [2.05, 4.69) is 13.2 Å². The summed E-state index contributed by atoms with van der Waals surface area (Å²) in [6, 6.07) is 18.4. The summed E-state index contributed by atoms with van der Waals surface area (Å²) in [6.07, 6.45) is 10.2. The van der Waals surface area contributed by atoms with Crippen LogP contribution in [0.4, 0.5) is 0 Å². The second-order valence-corrected chi connectivity index (χ2v) is 11.0. The van der Waals surface area contributed by atoms with Gasteiger partial charge in [-0.3, -0.25) is 0 Å². The van der Waals surface area contributed by atoms with Gasteiger partial charge in [-0.2, -0.15) is 0 Å². The maximum absolute atomic E-state index is 12.8. The number of hydrogen-bond donors (Lipinski definition) is 0. The molecular formula is C39H46O10. The molecule has 0 unspecified atom stereocenters. The maximum Gasteiger partial charge on any atom is 0.343 e. The Labute approximate surface area is 288 Å². The Kier molecular flexibility index (Phi) is 17.8. The summed E-state index contributed by atoms with van der Waals surface area (Å²) in [7, 11) is 0. The molecule has 3 rings (SSSR count). The lowest BCUT2D eigenvalue weighted by Gasteiger charge is -2.11. The Morgan fingerprint density at radius 3 is 1.63 bits per heavy atom. The van der Waals surface area contributed by atoms with Gasteiger partial charge in [0.1, 0.15) is 29.6 Å². The van der Waals surface area contributed by atoms with Crippen molar-refractivity contribution in [2.24, 2.45) is 0 Å². The molecule has 0 fully saturated rings. The Hall–Kier alpha value is -4.93. The summed E-state index contributed by atoms with van der Waals surface area (Å²) < 4.78 is 27.6. The summed E-state index contributed by atoms with van der Waals surface area (Å²) in [5.74, 6) is 0.591. The van der Waals surface area contributed by atoms with Crippen molar-refractivity contribution in [1.29, 1.82) is 0 Å². The van der Waals surface area contributed by atoms with Crippen molar-refractivity contribution in [2.75, 3.05) is 33.0 Å². The lowest BCUT2D eigenvalue weighted by atomic mass is 10.2. The highest BCUT2D eigenvalue weighted by Gasteiger charge is 2.14. The molecule has 0 heterocycles. The quantitative estimate of drug-likeness (QED) is 0.0175. The smallest absolute Gasteiger partial charge is 0.343 e. The van der Waals surface area contributed by atoms with Crippen LogP contribution < -0.4 is 18.9 Å². The largest absolute Gasteiger partial charge is 0.494 e. The lowest BCUT2D eigenvalue weighted by molar-refractivity contribution is -0.286. The Balaban J connectivity index is 1.34. The summed E-state index contributed by atoms with van der Waals surface area (Å²) in [5.41, 5.74) is 1.39. The number of benzene rings is 3. The number of esters is 3. The van der Waals surface area contributed by atoms with Gasteiger partial charge in [0.05, 0.1) is 37.6 Å². The number of carbonyl (C=O) groups is 3. The van der Waals surface area contributed by atoms with E-state index in [1.165, 1.54) is 0 Å². The zero-order valence-electron chi connectivity index (χ0n) is 28.2. The van der Waals surface area contributed by atoms with Crippen molar-refractivity contribution in [3.05, 3.63) is 109 Å². The minimum Gasteiger partial charge on any atom is -0.494 e. The molecule has 0 atom stereocenters. The molecule has 0 aliphatic carbocycles. The number of rotatable bonds is 24. The third-order valence-corrected chi connectivity index (χ3v) is 7.12. The molecule has 0 aliphatic rings. The van der Waals surface area contributed by atoms with E-state index in [1.54, 1.807) is 79.7 Å². The zero-order chi connectivity index (χ0) is 35.1. The molecule has 262 valence electrons. The number of ether oxygens (including phenoxy) is 5. The predicted octanol–water partition coefficient (Wildman–Crippen LogP) is 8.18. The van der Waals surface area contributed by atoms with E-state index in [4.69, 9.17) is 33.5 Å². The third kappa shape index (κ3) is 15.2. The van der Waals surface area contributed by atoms with Gasteiger partial charge in [0, 0.05) is 6.08 Å². The first kappa shape index (κ1) is 38.5. The van der Waals surface area contributed by atoms with E-state index in [1.807, 2.05) is 0 Å². The molecule has 3 aromatic carbocycles. The first-order chi connectivity index (χ1) is 23.9. The first-order valence-corrected chi connectivity index (χ1v) is 16.5. The lowest BCUT2D eigenvalue weighted by Crippen LogP contribution is -2.10. The van der Waals surface area contributed by atoms with Crippen molar-refractivity contribution in [3.8, 4) is 23.0 Å². The van der Waals surface area contributed by atoms with Gasteiger partial charge in [0.15, 0.2) is 0 Å². The standard InChI is InChI=1S/C39H46O10/c1-4-24-46-47-28-13-9-8-11-26-44-34-20-16-32(17-21-34)39(42)49-36-23-22-35(29-30(36)3)48-38(41)31-14-18-33(19-15-31)43-25-10-6-7-12-27-45-37(40)5-2/h4-5,14-23,29H,1-2,6-13,24-28H2,3H3. The molecule has 0 saturated heterocycles. The van der Waals surface area contributed by atoms with Crippen molar-refractivity contribution in [3.63, 3.8) is 0 Å². The SMILES string of the molecule is C=CCOOCCCCCCOc1ccc(C(=O)Oc2ccc(OC(=O)c3ccc(OCCCCCCOC(=O)C=C)cc3)cc2C)cc1. The van der Waals surface area contributed by atoms with Gasteiger partial charge in [-0.1, -0.05) is 19.1 Å². The van der Waals surface area contributed by atoms with Gasteiger partial charge >= 0.3 is 17.9 Å². The second kappa shape index (κ2) is 22.6. The average molecular weight is 675 g/mol. The highest BCUT2D eigenvalue weighted by atomic mass is 17.2. The topological polar surface area (TPSA) is 116 Å². The van der Waals surface area contributed by atoms with Crippen LogP contribution in [-0.4, -0.2) is 50.9 Å². The van der Waals surface area contributed by atoms with E-state index in [0.29, 0.717) is 72.7 Å². The molecule has 0 N–H and O–H groups in total. The molecule has 0 radical (unpaired) electrons. The molecule has 10 heteroatoms. The summed E-state index contributed by atoms with van der Waals surface area (Å²) >= 11 is 0. The zero-order valence-corrected chi connectivity index (χ0v) is 28.2. The number of aryl methyl sites for hydroxylation is 1. The summed E-state index contributed by atoms with van der Waals surface area (Å²) in [4.78, 5) is 46.4. The first-order valence-electron chi connectivity index (χ1n) is 16.5. The van der Waals surface area contributed by atoms with Gasteiger partial charge in [0.25, 0.3) is 0 Å². The van der Waals surface area contributed by atoms with E-state index in [0.717, 1.165) is 57.4 Å². The predicted molar refractivity (Wildman–Crippen MR) is 185 cm³/mol. The maximum atomic E-state index is 12.8. The highest BCUT2D eigenvalue weighted by Crippen LogP contribution is 2.26. The third-order valence-electron chi connectivity index (χ3n) is 7.12. The van der Waals surface area contributed by atoms with Gasteiger partial charge in [-0.05, 0) is 124 Å². The Bertz CT molecular complexity index is 1460. The molecule has 0 amide bonds. The fraction of sp³-hybridized carbons (Fsp3) is 0.359. The van der Waals surface area contributed by atoms with E-state index in [-0.39, 0.29) is 0 Å². The second-order valence-electron chi connectivity index (χ2n) is 11.0. The highest BCUT2D eigenvalue weighted by molar-refractivity contribution is 5.92. The van der Waals surface area contributed by atoms with Crippen LogP contribution in [0, 0.1) is 6.92 Å². The van der Waals surface area contributed by atoms with Crippen LogP contribution in [0.1, 0.15) is 77.6 Å². The van der Waals surface area contributed by atoms with Crippen LogP contribution in [0.2, 0.25) is 0 Å². The molecular weight excluding hydrogens is 628 g/mol. The minimum atomic E-state index is -0.519. The van der Waals surface area contributed by atoms with Gasteiger partial charge in [0.2, 0.25) is 0 Å². The van der Waals surface area contributed by atoms with Crippen molar-refractivity contribution in [2.45, 2.75) is 58.3 Å². The fourth-order valence-electron chi connectivity index (χ4n) is 4.44. The van der Waals surface area contributed by atoms with Crippen molar-refractivity contribution in [1.82, 2.24) is 0 Å². The van der Waals surface area contributed by atoms with Crippen LogP contribution >= 0.6 is 0 Å². The summed E-state index contributed by atoms with van der Waals surface area (Å²) in [6.45, 7) is 11.1. The van der Waals surface area contributed by atoms with E-state index < -0.39 is 17.9 Å². The number of unbranched alkanes of at least 4 members (excludes halogenated alkanes) is 6. The Morgan fingerprint density at radius 2 is 1.10 bits per heavy atom. The van der Waals surface area contributed by atoms with E-state index >= 15 is 0 Å². The van der Waals surface area contributed by atoms with Crippen LogP contribution in [0.3, 0.4) is 0 Å². The molecule has 0 aliphatic heterocycles. The fourth-order valence-corrected chi connectivity index (χ4v) is 4.44. The molecule has 0 spiro atoms. The molecule has 10 nitrogen and oxygen atoms in total. The van der Waals surface area contributed by atoms with Crippen molar-refractivity contribution >= 4 is 17.9 Å². The molecule has 3 aromatic rings. The van der Waals surface area contributed by atoms with Crippen LogP contribution in [0.5, 0.6) is 23.0 Å².